The molecule has 1 fully saturated rings. The van der Waals surface area contributed by atoms with E-state index in [1.165, 1.54) is 360 Å². The first kappa shape index (κ1) is 82.2. The maximum atomic E-state index is 13.2. The maximum Gasteiger partial charge on any atom is 0.220 e. The first-order valence-electron chi connectivity index (χ1n) is 38.7. The molecule has 0 aromatic carbocycles. The van der Waals surface area contributed by atoms with Crippen LogP contribution in [0.4, 0.5) is 0 Å². The van der Waals surface area contributed by atoms with Crippen LogP contribution in [0.25, 0.3) is 0 Å². The van der Waals surface area contributed by atoms with Gasteiger partial charge in [-0.15, -0.1) is 0 Å². The lowest BCUT2D eigenvalue weighted by atomic mass is 9.99. The number of rotatable bonds is 70. The van der Waals surface area contributed by atoms with Crippen molar-refractivity contribution in [1.29, 1.82) is 0 Å². The highest BCUT2D eigenvalue weighted by Gasteiger charge is 2.44. The average molecular weight is 1210 g/mol. The number of aliphatic hydroxyl groups excluding tert-OH is 5. The van der Waals surface area contributed by atoms with Crippen molar-refractivity contribution in [2.24, 2.45) is 0 Å². The van der Waals surface area contributed by atoms with Crippen LogP contribution < -0.4 is 5.32 Å². The number of aliphatic hydroxyl groups is 5. The van der Waals surface area contributed by atoms with E-state index in [9.17, 15) is 30.3 Å². The van der Waals surface area contributed by atoms with Crippen molar-refractivity contribution in [3.63, 3.8) is 0 Å². The second-order valence-corrected chi connectivity index (χ2v) is 27.5. The van der Waals surface area contributed by atoms with Gasteiger partial charge in [-0.1, -0.05) is 406 Å². The third-order valence-electron chi connectivity index (χ3n) is 19.2. The molecule has 1 amide bonds. The summed E-state index contributed by atoms with van der Waals surface area (Å²) >= 11 is 0. The van der Waals surface area contributed by atoms with E-state index >= 15 is 0 Å². The van der Waals surface area contributed by atoms with E-state index < -0.39 is 49.5 Å². The van der Waals surface area contributed by atoms with Crippen molar-refractivity contribution in [3.8, 4) is 0 Å². The van der Waals surface area contributed by atoms with Gasteiger partial charge in [-0.3, -0.25) is 4.79 Å². The summed E-state index contributed by atoms with van der Waals surface area (Å²) in [5.41, 5.74) is 0. The molecule has 1 saturated heterocycles. The Balaban J connectivity index is 2.04. The molecule has 0 saturated carbocycles. The minimum absolute atomic E-state index is 0.130. The minimum atomic E-state index is -1.55. The summed E-state index contributed by atoms with van der Waals surface area (Å²) in [7, 11) is 0. The SMILES string of the molecule is CCCCCCCCCCCCCCCCCCCCCCCCCCCCCCCCCCCCCCC(=O)NC(COC1OC(CO)C(O)C(O)C1O)C(O)CCCCCCCCCCCCCCCCCCCCCCCCCCCC. The van der Waals surface area contributed by atoms with Crippen molar-refractivity contribution >= 4 is 5.91 Å². The van der Waals surface area contributed by atoms with E-state index in [1.807, 2.05) is 0 Å². The predicted octanol–water partition coefficient (Wildman–Crippen LogP) is 21.7. The highest BCUT2D eigenvalue weighted by Crippen LogP contribution is 2.24. The molecular formula is C76H151NO8. The van der Waals surface area contributed by atoms with E-state index in [0.29, 0.717) is 12.8 Å². The standard InChI is InChI=1S/C76H151NO8/c1-3-5-7-9-11-13-15-17-19-21-23-25-27-29-31-32-33-34-35-36-37-38-39-40-42-44-46-48-50-52-54-56-58-60-62-64-66-72(80)77-69(68-84-76-75(83)74(82)73(81)71(67-78)85-76)70(79)65-63-61-59-57-55-53-51-49-47-45-43-41-30-28-26-24-22-20-18-16-14-12-10-8-6-4-2/h69-71,73-76,78-79,81-83H,3-68H2,1-2H3,(H,77,80). The van der Waals surface area contributed by atoms with Crippen LogP contribution in [-0.2, 0) is 14.3 Å². The second-order valence-electron chi connectivity index (χ2n) is 27.5. The first-order chi connectivity index (χ1) is 41.8. The topological polar surface area (TPSA) is 149 Å². The number of nitrogens with one attached hydrogen (secondary N) is 1. The van der Waals surface area contributed by atoms with Gasteiger partial charge in [-0.2, -0.15) is 0 Å². The van der Waals surface area contributed by atoms with Crippen LogP contribution in [0.1, 0.15) is 425 Å². The highest BCUT2D eigenvalue weighted by atomic mass is 16.7. The molecule has 508 valence electrons. The Morgan fingerprint density at radius 3 is 0.835 bits per heavy atom. The van der Waals surface area contributed by atoms with Gasteiger partial charge in [-0.25, -0.2) is 0 Å². The number of carbonyl (C=O) groups excluding carboxylic acids is 1. The Labute approximate surface area is 529 Å². The third kappa shape index (κ3) is 54.6. The van der Waals surface area contributed by atoms with Crippen molar-refractivity contribution < 1.29 is 39.8 Å². The van der Waals surface area contributed by atoms with Gasteiger partial charge in [0.2, 0.25) is 5.91 Å². The Morgan fingerprint density at radius 2 is 0.588 bits per heavy atom. The number of hydrogen-bond acceptors (Lipinski definition) is 8. The van der Waals surface area contributed by atoms with E-state index in [0.717, 1.165) is 38.5 Å². The Hall–Kier alpha value is -0.810. The molecule has 0 aliphatic carbocycles. The van der Waals surface area contributed by atoms with Crippen LogP contribution in [0.15, 0.2) is 0 Å². The third-order valence-corrected chi connectivity index (χ3v) is 19.2. The minimum Gasteiger partial charge on any atom is -0.394 e. The van der Waals surface area contributed by atoms with Crippen LogP contribution in [0.2, 0.25) is 0 Å². The van der Waals surface area contributed by atoms with Crippen molar-refractivity contribution in [2.75, 3.05) is 13.2 Å². The van der Waals surface area contributed by atoms with Gasteiger partial charge in [0.15, 0.2) is 6.29 Å². The number of unbranched alkanes of at least 4 members (excludes halogenated alkanes) is 60. The molecule has 1 aliphatic heterocycles. The number of hydrogen-bond donors (Lipinski definition) is 6. The fraction of sp³-hybridized carbons (Fsp3) is 0.987. The monoisotopic (exact) mass is 1210 g/mol. The predicted molar refractivity (Wildman–Crippen MR) is 364 cm³/mol. The largest absolute Gasteiger partial charge is 0.394 e. The van der Waals surface area contributed by atoms with Crippen LogP contribution in [0.5, 0.6) is 0 Å². The fourth-order valence-electron chi connectivity index (χ4n) is 13.2. The summed E-state index contributed by atoms with van der Waals surface area (Å²) in [6, 6.07) is -0.716. The molecule has 1 aliphatic rings. The van der Waals surface area contributed by atoms with Crippen molar-refractivity contribution in [3.05, 3.63) is 0 Å². The van der Waals surface area contributed by atoms with Gasteiger partial charge >= 0.3 is 0 Å². The highest BCUT2D eigenvalue weighted by molar-refractivity contribution is 5.76. The summed E-state index contributed by atoms with van der Waals surface area (Å²) in [5.74, 6) is -0.132. The normalized spacial score (nSPS) is 17.9. The first-order valence-corrected chi connectivity index (χ1v) is 38.7. The molecule has 7 atom stereocenters. The molecule has 85 heavy (non-hydrogen) atoms. The van der Waals surface area contributed by atoms with Crippen molar-refractivity contribution in [1.82, 2.24) is 5.32 Å². The zero-order valence-corrected chi connectivity index (χ0v) is 57.2. The molecule has 0 aromatic rings. The molecule has 0 aromatic heterocycles. The van der Waals surface area contributed by atoms with E-state index in [4.69, 9.17) is 9.47 Å². The summed E-state index contributed by atoms with van der Waals surface area (Å²) in [6.45, 7) is 3.92. The van der Waals surface area contributed by atoms with Crippen LogP contribution >= 0.6 is 0 Å². The summed E-state index contributed by atoms with van der Waals surface area (Å²) in [6.07, 6.45) is 77.8. The van der Waals surface area contributed by atoms with Gasteiger partial charge in [-0.05, 0) is 12.8 Å². The van der Waals surface area contributed by atoms with E-state index in [-0.39, 0.29) is 12.5 Å². The smallest absolute Gasteiger partial charge is 0.220 e. The van der Waals surface area contributed by atoms with Gasteiger partial charge in [0.05, 0.1) is 25.4 Å². The fourth-order valence-corrected chi connectivity index (χ4v) is 13.2. The molecule has 9 heteroatoms. The zero-order valence-electron chi connectivity index (χ0n) is 57.2. The number of carbonyl (C=O) groups is 1. The second kappa shape index (κ2) is 66.1. The Bertz CT molecular complexity index is 1300. The lowest BCUT2D eigenvalue weighted by Gasteiger charge is -2.40. The van der Waals surface area contributed by atoms with Gasteiger partial charge in [0.1, 0.15) is 24.4 Å². The Kier molecular flexibility index (Phi) is 63.9. The van der Waals surface area contributed by atoms with Gasteiger partial charge in [0.25, 0.3) is 0 Å². The molecule has 0 spiro atoms. The average Bonchev–Trinajstić information content (AvgIpc) is 3.70. The Morgan fingerprint density at radius 1 is 0.353 bits per heavy atom. The quantitative estimate of drug-likeness (QED) is 0.0330. The summed E-state index contributed by atoms with van der Waals surface area (Å²) < 4.78 is 11.4. The summed E-state index contributed by atoms with van der Waals surface area (Å²) in [5, 5.41) is 55.0. The van der Waals surface area contributed by atoms with Crippen LogP contribution in [-0.4, -0.2) is 87.5 Å². The number of amides is 1. The summed E-state index contributed by atoms with van der Waals surface area (Å²) in [4.78, 5) is 13.2. The molecule has 7 unspecified atom stereocenters. The van der Waals surface area contributed by atoms with Gasteiger partial charge < -0.3 is 40.3 Å². The number of ether oxygens (including phenoxy) is 2. The molecule has 9 nitrogen and oxygen atoms in total. The van der Waals surface area contributed by atoms with Crippen LogP contribution in [0.3, 0.4) is 0 Å². The molecule has 6 N–H and O–H groups in total. The lowest BCUT2D eigenvalue weighted by molar-refractivity contribution is -0.302. The van der Waals surface area contributed by atoms with Crippen molar-refractivity contribution in [2.45, 2.75) is 468 Å². The van der Waals surface area contributed by atoms with E-state index in [1.54, 1.807) is 0 Å². The molecule has 0 radical (unpaired) electrons. The molecule has 1 heterocycles. The van der Waals surface area contributed by atoms with E-state index in [2.05, 4.69) is 19.2 Å². The molecular weight excluding hydrogens is 1050 g/mol. The van der Waals surface area contributed by atoms with Crippen LogP contribution in [0, 0.1) is 0 Å². The zero-order chi connectivity index (χ0) is 61.4. The molecule has 1 rings (SSSR count). The lowest BCUT2D eigenvalue weighted by Crippen LogP contribution is -2.60. The maximum absolute atomic E-state index is 13.2. The van der Waals surface area contributed by atoms with Gasteiger partial charge in [0, 0.05) is 6.42 Å². The molecule has 0 bridgehead atoms.